The Kier molecular flexibility index (Phi) is 4.66. The van der Waals surface area contributed by atoms with Crippen LogP contribution in [0.4, 0.5) is 5.69 Å². The fraction of sp³-hybridized carbons (Fsp3) is 0.235. The molecule has 0 saturated carbocycles. The number of benzene rings is 2. The van der Waals surface area contributed by atoms with E-state index >= 15 is 0 Å². The number of halogens is 1. The zero-order valence-corrected chi connectivity index (χ0v) is 15.7. The number of fused-ring (bicyclic) bond motifs is 1. The molecule has 0 spiro atoms. The number of nitrogens with zero attached hydrogens (tertiary/aromatic N) is 1. The van der Waals surface area contributed by atoms with Crippen LogP contribution in [0.15, 0.2) is 47.4 Å². The van der Waals surface area contributed by atoms with Gasteiger partial charge < -0.3 is 5.32 Å². The van der Waals surface area contributed by atoms with Gasteiger partial charge in [0, 0.05) is 11.6 Å². The Hall–Kier alpha value is -1.47. The highest BCUT2D eigenvalue weighted by atomic mass is 35.5. The second-order valence-electron chi connectivity index (χ2n) is 5.78. The second-order valence-corrected chi connectivity index (χ2v) is 8.52. The summed E-state index contributed by atoms with van der Waals surface area (Å²) >= 11 is 11.4. The lowest BCUT2D eigenvalue weighted by Gasteiger charge is -2.26. The molecule has 0 saturated heterocycles. The van der Waals surface area contributed by atoms with Crippen LogP contribution in [0.1, 0.15) is 18.1 Å². The van der Waals surface area contributed by atoms with E-state index in [-0.39, 0.29) is 11.4 Å². The molecule has 2 aromatic rings. The third-order valence-electron chi connectivity index (χ3n) is 4.19. The molecule has 1 N–H and O–H groups in total. The van der Waals surface area contributed by atoms with Crippen molar-refractivity contribution in [2.24, 2.45) is 0 Å². The lowest BCUT2D eigenvalue weighted by molar-refractivity contribution is 0.389. The van der Waals surface area contributed by atoms with E-state index in [1.807, 2.05) is 31.2 Å². The summed E-state index contributed by atoms with van der Waals surface area (Å²) in [6.45, 7) is 4.01. The van der Waals surface area contributed by atoms with Crippen LogP contribution < -0.4 is 5.32 Å². The lowest BCUT2D eigenvalue weighted by Crippen LogP contribution is -2.42. The molecule has 3 rings (SSSR count). The van der Waals surface area contributed by atoms with E-state index in [0.717, 1.165) is 11.1 Å². The summed E-state index contributed by atoms with van der Waals surface area (Å²) in [5.41, 5.74) is 2.44. The van der Waals surface area contributed by atoms with Crippen LogP contribution in [-0.2, 0) is 16.6 Å². The van der Waals surface area contributed by atoms with Crippen LogP contribution in [0.25, 0.3) is 0 Å². The molecule has 1 heterocycles. The van der Waals surface area contributed by atoms with Crippen molar-refractivity contribution in [3.63, 3.8) is 0 Å². The second kappa shape index (κ2) is 6.44. The summed E-state index contributed by atoms with van der Waals surface area (Å²) in [6, 6.07) is 12.0. The Morgan fingerprint density at radius 2 is 1.96 bits per heavy atom. The first kappa shape index (κ1) is 17.4. The average Bonchev–Trinajstić information content (AvgIpc) is 2.60. The van der Waals surface area contributed by atoms with E-state index in [1.54, 1.807) is 19.1 Å². The van der Waals surface area contributed by atoms with Gasteiger partial charge in [0.2, 0.25) is 10.0 Å². The van der Waals surface area contributed by atoms with E-state index in [4.69, 9.17) is 23.8 Å². The molecule has 1 unspecified atom stereocenters. The summed E-state index contributed by atoms with van der Waals surface area (Å²) in [7, 11) is -3.74. The molecular formula is C17H17ClN2O2S2. The van der Waals surface area contributed by atoms with Gasteiger partial charge >= 0.3 is 0 Å². The number of thiocarbonyl (C=S) groups is 1. The summed E-state index contributed by atoms with van der Waals surface area (Å²) < 4.78 is 27.9. The first-order valence-electron chi connectivity index (χ1n) is 7.47. The van der Waals surface area contributed by atoms with Crippen LogP contribution >= 0.6 is 23.8 Å². The highest BCUT2D eigenvalue weighted by molar-refractivity contribution is 7.89. The zero-order valence-electron chi connectivity index (χ0n) is 13.3. The molecule has 126 valence electrons. The molecule has 1 aliphatic heterocycles. The van der Waals surface area contributed by atoms with Gasteiger partial charge in [-0.1, -0.05) is 48.1 Å². The minimum absolute atomic E-state index is 0.148. The van der Waals surface area contributed by atoms with Gasteiger partial charge in [-0.25, -0.2) is 8.42 Å². The molecule has 24 heavy (non-hydrogen) atoms. The zero-order chi connectivity index (χ0) is 17.5. The Morgan fingerprint density at radius 3 is 2.67 bits per heavy atom. The molecule has 0 aliphatic carbocycles. The first-order valence-corrected chi connectivity index (χ1v) is 9.70. The molecule has 0 fully saturated rings. The molecule has 0 amide bonds. The predicted molar refractivity (Wildman–Crippen MR) is 101 cm³/mol. The largest absolute Gasteiger partial charge is 0.348 e. The maximum absolute atomic E-state index is 13.2. The van der Waals surface area contributed by atoms with Crippen LogP contribution in [0.3, 0.4) is 0 Å². The summed E-state index contributed by atoms with van der Waals surface area (Å²) in [5, 5.41) is 3.41. The van der Waals surface area contributed by atoms with E-state index in [1.165, 1.54) is 10.4 Å². The Morgan fingerprint density at radius 1 is 1.25 bits per heavy atom. The molecule has 0 aromatic heterocycles. The Balaban J connectivity index is 2.13. The number of sulfonamides is 1. The number of hydrogen-bond donors (Lipinski definition) is 1. The first-order chi connectivity index (χ1) is 11.3. The van der Waals surface area contributed by atoms with Crippen molar-refractivity contribution in [3.8, 4) is 0 Å². The fourth-order valence-electron chi connectivity index (χ4n) is 2.69. The van der Waals surface area contributed by atoms with Gasteiger partial charge in [0.15, 0.2) is 0 Å². The molecule has 1 atom stereocenters. The number of aryl methyl sites for hydroxylation is 1. The van der Waals surface area contributed by atoms with Gasteiger partial charge in [0.1, 0.15) is 4.90 Å². The third kappa shape index (κ3) is 3.07. The average molecular weight is 381 g/mol. The van der Waals surface area contributed by atoms with E-state index in [9.17, 15) is 8.42 Å². The number of anilines is 1. The molecule has 4 nitrogen and oxygen atoms in total. The quantitative estimate of drug-likeness (QED) is 0.800. The summed E-state index contributed by atoms with van der Waals surface area (Å²) in [5.74, 6) is 0. The topological polar surface area (TPSA) is 49.4 Å². The van der Waals surface area contributed by atoms with Crippen molar-refractivity contribution in [2.45, 2.75) is 31.3 Å². The van der Waals surface area contributed by atoms with Gasteiger partial charge in [0.25, 0.3) is 0 Å². The number of rotatable bonds is 2. The van der Waals surface area contributed by atoms with Crippen molar-refractivity contribution < 1.29 is 8.42 Å². The van der Waals surface area contributed by atoms with E-state index in [2.05, 4.69) is 5.32 Å². The normalized spacial score (nSPS) is 20.1. The van der Waals surface area contributed by atoms with Crippen LogP contribution in [-0.4, -0.2) is 23.8 Å². The molecule has 7 heteroatoms. The monoisotopic (exact) mass is 380 g/mol. The van der Waals surface area contributed by atoms with Crippen molar-refractivity contribution in [2.75, 3.05) is 5.32 Å². The maximum Gasteiger partial charge on any atom is 0.246 e. The Bertz CT molecular complexity index is 913. The highest BCUT2D eigenvalue weighted by Gasteiger charge is 2.36. The molecule has 1 aliphatic rings. The van der Waals surface area contributed by atoms with Crippen LogP contribution in [0, 0.1) is 6.92 Å². The SMILES string of the molecule is Cc1ccccc1CN1C(C)C(=S)Nc2ccc(Cl)cc2S1(=O)=O. The van der Waals surface area contributed by atoms with Crippen molar-refractivity contribution in [1.29, 1.82) is 0 Å². The van der Waals surface area contributed by atoms with E-state index in [0.29, 0.717) is 15.7 Å². The van der Waals surface area contributed by atoms with Crippen molar-refractivity contribution >= 4 is 44.5 Å². The van der Waals surface area contributed by atoms with Crippen LogP contribution in [0.5, 0.6) is 0 Å². The van der Waals surface area contributed by atoms with Crippen molar-refractivity contribution in [1.82, 2.24) is 4.31 Å². The minimum atomic E-state index is -3.74. The fourth-order valence-corrected chi connectivity index (χ4v) is 4.99. The smallest absolute Gasteiger partial charge is 0.246 e. The number of hydrogen-bond acceptors (Lipinski definition) is 3. The van der Waals surface area contributed by atoms with E-state index < -0.39 is 16.1 Å². The van der Waals surface area contributed by atoms with Crippen LogP contribution in [0.2, 0.25) is 5.02 Å². The van der Waals surface area contributed by atoms with Gasteiger partial charge in [0.05, 0.1) is 16.7 Å². The number of nitrogens with one attached hydrogen (secondary N) is 1. The summed E-state index contributed by atoms with van der Waals surface area (Å²) in [6.07, 6.45) is 0. The Labute approximate surface area is 152 Å². The summed E-state index contributed by atoms with van der Waals surface area (Å²) in [4.78, 5) is 0.614. The molecule has 2 aromatic carbocycles. The standard InChI is InChI=1S/C17H17ClN2O2S2/c1-11-5-3-4-6-13(11)10-20-12(2)17(23)19-15-8-7-14(18)9-16(15)24(20,21)22/h3-9,12H,10H2,1-2H3,(H,19,23). The maximum atomic E-state index is 13.2. The lowest BCUT2D eigenvalue weighted by atomic mass is 10.1. The molecule has 0 bridgehead atoms. The molecule has 0 radical (unpaired) electrons. The molecular weight excluding hydrogens is 364 g/mol. The van der Waals surface area contributed by atoms with Crippen molar-refractivity contribution in [3.05, 3.63) is 58.6 Å². The third-order valence-corrected chi connectivity index (χ3v) is 6.82. The minimum Gasteiger partial charge on any atom is -0.348 e. The van der Waals surface area contributed by atoms with Gasteiger partial charge in [-0.15, -0.1) is 0 Å². The van der Waals surface area contributed by atoms with Gasteiger partial charge in [-0.3, -0.25) is 0 Å². The van der Waals surface area contributed by atoms with Gasteiger partial charge in [-0.2, -0.15) is 4.31 Å². The highest BCUT2D eigenvalue weighted by Crippen LogP contribution is 2.33. The van der Waals surface area contributed by atoms with Gasteiger partial charge in [-0.05, 0) is 43.2 Å². The predicted octanol–water partition coefficient (Wildman–Crippen LogP) is 3.98.